The number of fused-ring (bicyclic) bond motifs is 3. The van der Waals surface area contributed by atoms with Crippen LogP contribution in [-0.4, -0.2) is 0 Å². The first-order valence-corrected chi connectivity index (χ1v) is 6.51. The standard InChI is InChI=1S/C12H6BrClS/c13-7-4-5-8-11(6-7)15-10-3-1-2-9(14)12(8)10/h1-6H. The van der Waals surface area contributed by atoms with E-state index < -0.39 is 0 Å². The monoisotopic (exact) mass is 296 g/mol. The van der Waals surface area contributed by atoms with Crippen molar-refractivity contribution < 1.29 is 0 Å². The number of hydrogen-bond donors (Lipinski definition) is 0. The molecule has 0 saturated carbocycles. The van der Waals surface area contributed by atoms with E-state index in [1.807, 2.05) is 12.1 Å². The van der Waals surface area contributed by atoms with Crippen molar-refractivity contribution in [1.82, 2.24) is 0 Å². The Hall–Kier alpha value is -0.570. The third kappa shape index (κ3) is 1.48. The van der Waals surface area contributed by atoms with Gasteiger partial charge in [-0.2, -0.15) is 0 Å². The fourth-order valence-corrected chi connectivity index (χ4v) is 3.77. The van der Waals surface area contributed by atoms with E-state index in [0.717, 1.165) is 9.50 Å². The van der Waals surface area contributed by atoms with Gasteiger partial charge in [0, 0.05) is 29.7 Å². The van der Waals surface area contributed by atoms with Gasteiger partial charge in [0.15, 0.2) is 0 Å². The van der Waals surface area contributed by atoms with Gasteiger partial charge in [0.05, 0.1) is 0 Å². The van der Waals surface area contributed by atoms with Crippen LogP contribution in [0, 0.1) is 0 Å². The molecule has 0 unspecified atom stereocenters. The normalized spacial score (nSPS) is 11.3. The summed E-state index contributed by atoms with van der Waals surface area (Å²) in [6.45, 7) is 0. The fraction of sp³-hybridized carbons (Fsp3) is 0. The van der Waals surface area contributed by atoms with Gasteiger partial charge in [-0.1, -0.05) is 39.7 Å². The molecule has 0 aliphatic carbocycles. The average Bonchev–Trinajstić information content (AvgIpc) is 2.56. The highest BCUT2D eigenvalue weighted by Gasteiger charge is 2.07. The second-order valence-electron chi connectivity index (χ2n) is 3.36. The molecule has 0 spiro atoms. The molecule has 0 aliphatic heterocycles. The molecule has 0 fully saturated rings. The van der Waals surface area contributed by atoms with E-state index >= 15 is 0 Å². The fourth-order valence-electron chi connectivity index (χ4n) is 1.76. The van der Waals surface area contributed by atoms with Crippen molar-refractivity contribution in [3.05, 3.63) is 45.9 Å². The molecule has 0 nitrogen and oxygen atoms in total. The second-order valence-corrected chi connectivity index (χ2v) is 5.76. The Balaban J connectivity index is 2.59. The first-order valence-electron chi connectivity index (χ1n) is 4.52. The zero-order valence-corrected chi connectivity index (χ0v) is 10.8. The SMILES string of the molecule is Clc1cccc2sc3cc(Br)ccc3c12. The topological polar surface area (TPSA) is 0 Å². The van der Waals surface area contributed by atoms with Crippen molar-refractivity contribution in [3.8, 4) is 0 Å². The Labute approximate surface area is 105 Å². The van der Waals surface area contributed by atoms with Crippen LogP contribution in [0.4, 0.5) is 0 Å². The third-order valence-corrected chi connectivity index (χ3v) is 4.33. The van der Waals surface area contributed by atoms with Gasteiger partial charge >= 0.3 is 0 Å². The molecule has 3 heteroatoms. The number of hydrogen-bond acceptors (Lipinski definition) is 1. The Kier molecular flexibility index (Phi) is 2.23. The Morgan fingerprint density at radius 2 is 1.93 bits per heavy atom. The molecule has 15 heavy (non-hydrogen) atoms. The minimum atomic E-state index is 0.834. The lowest BCUT2D eigenvalue weighted by molar-refractivity contribution is 1.77. The smallest absolute Gasteiger partial charge is 0.0499 e. The van der Waals surface area contributed by atoms with E-state index in [4.69, 9.17) is 11.6 Å². The molecule has 0 aliphatic rings. The Morgan fingerprint density at radius 1 is 1.07 bits per heavy atom. The Bertz CT molecular complexity index is 657. The summed E-state index contributed by atoms with van der Waals surface area (Å²) in [5, 5.41) is 3.25. The molecule has 0 bridgehead atoms. The maximum absolute atomic E-state index is 6.21. The van der Waals surface area contributed by atoms with Gasteiger partial charge in [0.1, 0.15) is 0 Å². The summed E-state index contributed by atoms with van der Waals surface area (Å²) in [6, 6.07) is 12.4. The quantitative estimate of drug-likeness (QED) is 0.516. The van der Waals surface area contributed by atoms with Crippen molar-refractivity contribution in [3.63, 3.8) is 0 Å². The number of benzene rings is 2. The summed E-state index contributed by atoms with van der Waals surface area (Å²) in [5.74, 6) is 0. The van der Waals surface area contributed by atoms with Crippen LogP contribution in [0.3, 0.4) is 0 Å². The van der Waals surface area contributed by atoms with Crippen LogP contribution in [0.25, 0.3) is 20.2 Å². The van der Waals surface area contributed by atoms with E-state index in [2.05, 4.69) is 40.2 Å². The molecule has 1 aromatic heterocycles. The maximum Gasteiger partial charge on any atom is 0.0499 e. The van der Waals surface area contributed by atoms with Crippen LogP contribution in [0.1, 0.15) is 0 Å². The first-order chi connectivity index (χ1) is 7.25. The average molecular weight is 298 g/mol. The second kappa shape index (κ2) is 3.48. The van der Waals surface area contributed by atoms with Gasteiger partial charge in [-0.25, -0.2) is 0 Å². The first kappa shape index (κ1) is 9.64. The lowest BCUT2D eigenvalue weighted by Crippen LogP contribution is -1.68. The number of rotatable bonds is 0. The van der Waals surface area contributed by atoms with E-state index in [-0.39, 0.29) is 0 Å². The molecule has 0 saturated heterocycles. The summed E-state index contributed by atoms with van der Waals surface area (Å²) in [4.78, 5) is 0. The summed E-state index contributed by atoms with van der Waals surface area (Å²) in [7, 11) is 0. The minimum Gasteiger partial charge on any atom is -0.135 e. The molecule has 3 rings (SSSR count). The number of halogens is 2. The summed E-state index contributed by atoms with van der Waals surface area (Å²) < 4.78 is 3.63. The summed E-state index contributed by atoms with van der Waals surface area (Å²) >= 11 is 11.5. The molecule has 0 radical (unpaired) electrons. The van der Waals surface area contributed by atoms with Crippen molar-refractivity contribution in [2.45, 2.75) is 0 Å². The van der Waals surface area contributed by atoms with Crippen LogP contribution in [0.15, 0.2) is 40.9 Å². The van der Waals surface area contributed by atoms with Crippen molar-refractivity contribution in [1.29, 1.82) is 0 Å². The van der Waals surface area contributed by atoms with Gasteiger partial charge in [-0.05, 0) is 24.3 Å². The van der Waals surface area contributed by atoms with Crippen molar-refractivity contribution in [2.75, 3.05) is 0 Å². The van der Waals surface area contributed by atoms with E-state index in [9.17, 15) is 0 Å². The van der Waals surface area contributed by atoms with Crippen LogP contribution in [0.2, 0.25) is 5.02 Å². The van der Waals surface area contributed by atoms with Gasteiger partial charge < -0.3 is 0 Å². The highest BCUT2D eigenvalue weighted by Crippen LogP contribution is 2.38. The number of thiophene rings is 1. The lowest BCUT2D eigenvalue weighted by Gasteiger charge is -1.94. The largest absolute Gasteiger partial charge is 0.135 e. The zero-order valence-electron chi connectivity index (χ0n) is 7.63. The third-order valence-electron chi connectivity index (χ3n) is 2.41. The molecular weight excluding hydrogens is 292 g/mol. The van der Waals surface area contributed by atoms with Crippen molar-refractivity contribution in [2.24, 2.45) is 0 Å². The molecule has 0 amide bonds. The predicted molar refractivity (Wildman–Crippen MR) is 72.0 cm³/mol. The Morgan fingerprint density at radius 3 is 2.80 bits per heavy atom. The van der Waals surface area contributed by atoms with Gasteiger partial charge in [0.2, 0.25) is 0 Å². The highest BCUT2D eigenvalue weighted by molar-refractivity contribution is 9.10. The van der Waals surface area contributed by atoms with Gasteiger partial charge in [-0.15, -0.1) is 11.3 Å². The molecular formula is C12H6BrClS. The minimum absolute atomic E-state index is 0.834. The lowest BCUT2D eigenvalue weighted by atomic mass is 10.1. The van der Waals surface area contributed by atoms with E-state index in [1.165, 1.54) is 20.2 Å². The van der Waals surface area contributed by atoms with Crippen LogP contribution in [-0.2, 0) is 0 Å². The van der Waals surface area contributed by atoms with Crippen LogP contribution >= 0.6 is 38.9 Å². The summed E-state index contributed by atoms with van der Waals surface area (Å²) in [6.07, 6.45) is 0. The van der Waals surface area contributed by atoms with Crippen molar-refractivity contribution >= 4 is 59.0 Å². The highest BCUT2D eigenvalue weighted by atomic mass is 79.9. The predicted octanol–water partition coefficient (Wildman–Crippen LogP) is 5.47. The molecule has 3 aromatic rings. The van der Waals surface area contributed by atoms with Gasteiger partial charge in [-0.3, -0.25) is 0 Å². The molecule has 74 valence electrons. The molecule has 2 aromatic carbocycles. The van der Waals surface area contributed by atoms with E-state index in [0.29, 0.717) is 0 Å². The van der Waals surface area contributed by atoms with Crippen LogP contribution in [0.5, 0.6) is 0 Å². The van der Waals surface area contributed by atoms with E-state index in [1.54, 1.807) is 11.3 Å². The van der Waals surface area contributed by atoms with Crippen LogP contribution < -0.4 is 0 Å². The zero-order chi connectivity index (χ0) is 10.4. The summed E-state index contributed by atoms with van der Waals surface area (Å²) in [5.41, 5.74) is 0. The molecule has 0 N–H and O–H groups in total. The molecule has 0 atom stereocenters. The molecule has 1 heterocycles. The van der Waals surface area contributed by atoms with Gasteiger partial charge in [0.25, 0.3) is 0 Å². The maximum atomic E-state index is 6.21.